The zero-order chi connectivity index (χ0) is 21.8. The van der Waals surface area contributed by atoms with E-state index in [1.807, 2.05) is 25.1 Å². The third-order valence-corrected chi connectivity index (χ3v) is 7.84. The Bertz CT molecular complexity index is 658. The van der Waals surface area contributed by atoms with Gasteiger partial charge in [-0.1, -0.05) is 22.0 Å². The van der Waals surface area contributed by atoms with Crippen LogP contribution in [0.1, 0.15) is 64.9 Å². The molecule has 0 spiro atoms. The first-order valence-corrected chi connectivity index (χ1v) is 12.0. The summed E-state index contributed by atoms with van der Waals surface area (Å²) in [7, 11) is 0. The number of hydrogen-bond donors (Lipinski definition) is 1. The monoisotopic (exact) mass is 497 g/mol. The molecule has 8 heteroatoms. The highest BCUT2D eigenvalue weighted by Crippen LogP contribution is 2.35. The number of benzene rings is 1. The smallest absolute Gasteiger partial charge is 0.408 e. The molecule has 1 aromatic carbocycles. The lowest BCUT2D eigenvalue weighted by atomic mass is 9.83. The lowest BCUT2D eigenvalue weighted by Crippen LogP contribution is -2.50. The van der Waals surface area contributed by atoms with Gasteiger partial charge in [-0.3, -0.25) is 0 Å². The molecule has 0 heterocycles. The van der Waals surface area contributed by atoms with E-state index in [-0.39, 0.29) is 18.4 Å². The fourth-order valence-corrected chi connectivity index (χ4v) is 4.64. The summed E-state index contributed by atoms with van der Waals surface area (Å²) in [4.78, 5) is 0. The van der Waals surface area contributed by atoms with E-state index in [9.17, 15) is 17.7 Å². The SMILES string of the molecule is Cc1c(Br)cccc1OC1CCC(CC[C@H](N[S@+]([O-])C(C)(C)C)C(F)(F)F)CC1. The third kappa shape index (κ3) is 7.64. The van der Waals surface area contributed by atoms with Gasteiger partial charge in [0.2, 0.25) is 0 Å². The highest BCUT2D eigenvalue weighted by atomic mass is 79.9. The van der Waals surface area contributed by atoms with Gasteiger partial charge < -0.3 is 9.29 Å². The molecule has 0 unspecified atom stereocenters. The van der Waals surface area contributed by atoms with Crippen LogP contribution < -0.4 is 9.46 Å². The highest BCUT2D eigenvalue weighted by Gasteiger charge is 2.44. The van der Waals surface area contributed by atoms with Crippen molar-refractivity contribution in [3.05, 3.63) is 28.2 Å². The summed E-state index contributed by atoms with van der Waals surface area (Å²) >= 11 is 1.75. The molecule has 0 aromatic heterocycles. The van der Waals surface area contributed by atoms with Gasteiger partial charge in [0, 0.05) is 21.4 Å². The van der Waals surface area contributed by atoms with Gasteiger partial charge in [-0.25, -0.2) is 0 Å². The van der Waals surface area contributed by atoms with Crippen molar-refractivity contribution in [3.63, 3.8) is 0 Å². The quantitative estimate of drug-likeness (QED) is 0.439. The Morgan fingerprint density at radius 3 is 2.38 bits per heavy atom. The maximum Gasteiger partial charge on any atom is 0.408 e. The molecule has 1 aliphatic rings. The Morgan fingerprint density at radius 2 is 1.83 bits per heavy atom. The lowest BCUT2D eigenvalue weighted by Gasteiger charge is -2.32. The van der Waals surface area contributed by atoms with Crippen LogP contribution in [-0.2, 0) is 11.4 Å². The van der Waals surface area contributed by atoms with Crippen LogP contribution in [0.2, 0.25) is 0 Å². The van der Waals surface area contributed by atoms with Crippen LogP contribution in [0.4, 0.5) is 13.2 Å². The van der Waals surface area contributed by atoms with Crippen molar-refractivity contribution in [2.75, 3.05) is 0 Å². The Kier molecular flexibility index (Phi) is 8.77. The molecule has 1 aliphatic carbocycles. The van der Waals surface area contributed by atoms with E-state index in [0.717, 1.165) is 41.5 Å². The van der Waals surface area contributed by atoms with Crippen molar-refractivity contribution < 1.29 is 22.5 Å². The Labute approximate surface area is 183 Å². The van der Waals surface area contributed by atoms with Gasteiger partial charge in [-0.15, -0.1) is 4.72 Å². The first-order chi connectivity index (χ1) is 13.4. The van der Waals surface area contributed by atoms with Crippen molar-refractivity contribution >= 4 is 27.3 Å². The van der Waals surface area contributed by atoms with Crippen molar-refractivity contribution in [3.8, 4) is 5.75 Å². The molecule has 1 fully saturated rings. The summed E-state index contributed by atoms with van der Waals surface area (Å²) in [5.74, 6) is 1.10. The molecule has 0 saturated heterocycles. The molecule has 1 saturated carbocycles. The average molecular weight is 498 g/mol. The number of nitrogens with one attached hydrogen (secondary N) is 1. The molecule has 166 valence electrons. The maximum atomic E-state index is 13.4. The van der Waals surface area contributed by atoms with Crippen molar-refractivity contribution in [1.29, 1.82) is 0 Å². The number of alkyl halides is 3. The fourth-order valence-electron chi connectivity index (χ4n) is 3.43. The van der Waals surface area contributed by atoms with E-state index >= 15 is 0 Å². The largest absolute Gasteiger partial charge is 0.598 e. The van der Waals surface area contributed by atoms with Crippen LogP contribution in [0.15, 0.2) is 22.7 Å². The second kappa shape index (κ2) is 10.2. The first kappa shape index (κ1) is 24.8. The lowest BCUT2D eigenvalue weighted by molar-refractivity contribution is -0.153. The minimum Gasteiger partial charge on any atom is -0.598 e. The number of ether oxygens (including phenoxy) is 1. The van der Waals surface area contributed by atoms with Gasteiger partial charge in [0.05, 0.1) is 6.10 Å². The number of rotatable bonds is 7. The molecule has 2 atom stereocenters. The van der Waals surface area contributed by atoms with Gasteiger partial charge in [-0.2, -0.15) is 13.2 Å². The predicted molar refractivity (Wildman–Crippen MR) is 115 cm³/mol. The number of hydrogen-bond acceptors (Lipinski definition) is 3. The summed E-state index contributed by atoms with van der Waals surface area (Å²) in [6.45, 7) is 6.99. The van der Waals surface area contributed by atoms with Gasteiger partial charge >= 0.3 is 6.18 Å². The van der Waals surface area contributed by atoms with Gasteiger partial charge in [0.1, 0.15) is 16.5 Å². The average Bonchev–Trinajstić information content (AvgIpc) is 2.61. The van der Waals surface area contributed by atoms with Gasteiger partial charge in [-0.05, 0) is 84.3 Å². The van der Waals surface area contributed by atoms with E-state index in [1.54, 1.807) is 20.8 Å². The Hall–Kier alpha value is -0.440. The normalized spacial score (nSPS) is 22.9. The summed E-state index contributed by atoms with van der Waals surface area (Å²) < 4.78 is 61.0. The fraction of sp³-hybridized carbons (Fsp3) is 0.714. The second-order valence-electron chi connectivity index (χ2n) is 8.79. The first-order valence-electron chi connectivity index (χ1n) is 10.0. The third-order valence-electron chi connectivity index (χ3n) is 5.37. The zero-order valence-electron chi connectivity index (χ0n) is 17.4. The molecule has 1 N–H and O–H groups in total. The summed E-state index contributed by atoms with van der Waals surface area (Å²) in [5.41, 5.74) is 1.06. The van der Waals surface area contributed by atoms with E-state index < -0.39 is 28.3 Å². The molecule has 1 aromatic rings. The van der Waals surface area contributed by atoms with E-state index in [0.29, 0.717) is 6.42 Å². The molecule has 3 nitrogen and oxygen atoms in total. The molecule has 0 radical (unpaired) electrons. The van der Waals surface area contributed by atoms with Crippen LogP contribution in [0.25, 0.3) is 0 Å². The second-order valence-corrected chi connectivity index (χ2v) is 11.6. The molecule has 0 bridgehead atoms. The minimum absolute atomic E-state index is 0.0494. The minimum atomic E-state index is -4.40. The van der Waals surface area contributed by atoms with Crippen molar-refractivity contribution in [2.45, 2.75) is 89.3 Å². The molecule has 0 aliphatic heterocycles. The van der Waals surface area contributed by atoms with Crippen LogP contribution in [0, 0.1) is 12.8 Å². The van der Waals surface area contributed by atoms with Gasteiger partial charge in [0.25, 0.3) is 0 Å². The Balaban J connectivity index is 1.83. The van der Waals surface area contributed by atoms with E-state index in [4.69, 9.17) is 4.74 Å². The topological polar surface area (TPSA) is 44.3 Å². The van der Waals surface area contributed by atoms with Crippen molar-refractivity contribution in [2.24, 2.45) is 5.92 Å². The van der Waals surface area contributed by atoms with Gasteiger partial charge in [0.15, 0.2) is 0 Å². The summed E-state index contributed by atoms with van der Waals surface area (Å²) in [6.07, 6.45) is -0.491. The molecule has 2 rings (SSSR count). The molecular weight excluding hydrogens is 467 g/mol. The van der Waals surface area contributed by atoms with E-state index in [2.05, 4.69) is 20.7 Å². The maximum absolute atomic E-state index is 13.4. The van der Waals surface area contributed by atoms with Crippen LogP contribution in [0.5, 0.6) is 5.75 Å². The van der Waals surface area contributed by atoms with Crippen LogP contribution in [-0.4, -0.2) is 27.6 Å². The zero-order valence-corrected chi connectivity index (χ0v) is 19.8. The van der Waals surface area contributed by atoms with Crippen LogP contribution in [0.3, 0.4) is 0 Å². The standard InChI is InChI=1S/C21H31BrF3NO2S/c1-14-17(22)6-5-7-18(14)28-16-11-8-15(9-12-16)10-13-19(21(23,24)25)26-29(27)20(2,3)4/h5-7,15-16,19,26H,8-13H2,1-4H3/t15?,16?,19-,29+/m0/s1. The van der Waals surface area contributed by atoms with Crippen molar-refractivity contribution in [1.82, 2.24) is 4.72 Å². The predicted octanol–water partition coefficient (Wildman–Crippen LogP) is 6.46. The molecule has 29 heavy (non-hydrogen) atoms. The molecular formula is C21H31BrF3NO2S. The number of halogens is 4. The highest BCUT2D eigenvalue weighted by molar-refractivity contribution is 9.10. The van der Waals surface area contributed by atoms with Crippen LogP contribution >= 0.6 is 15.9 Å². The summed E-state index contributed by atoms with van der Waals surface area (Å²) in [6, 6.07) is 4.11. The summed E-state index contributed by atoms with van der Waals surface area (Å²) in [5, 5.41) is 0. The molecule has 0 amide bonds. The Morgan fingerprint density at radius 1 is 1.21 bits per heavy atom. The van der Waals surface area contributed by atoms with E-state index in [1.165, 1.54) is 0 Å².